The maximum Gasteiger partial charge on any atom is 0.0709 e. The molecule has 0 aliphatic carbocycles. The van der Waals surface area contributed by atoms with Crippen LogP contribution in [0.3, 0.4) is 0 Å². The molecule has 0 bridgehead atoms. The lowest BCUT2D eigenvalue weighted by Gasteiger charge is -2.36. The number of nitrogens with one attached hydrogen (secondary N) is 2. The highest BCUT2D eigenvalue weighted by atomic mass is 35.5. The van der Waals surface area contributed by atoms with E-state index >= 15 is 0 Å². The molecule has 0 aromatic rings. The third-order valence-electron chi connectivity index (χ3n) is 1.99. The second kappa shape index (κ2) is 1.84. The molecule has 2 rings (SSSR count). The Labute approximate surface area is 60.0 Å². The van der Waals surface area contributed by atoms with Gasteiger partial charge in [-0.15, -0.1) is 11.6 Å². The van der Waals surface area contributed by atoms with Crippen LogP contribution in [0.4, 0.5) is 0 Å². The Hall–Kier alpha value is 0.210. The molecule has 3 heteroatoms. The summed E-state index contributed by atoms with van der Waals surface area (Å²) in [5, 5.41) is 6.42. The maximum absolute atomic E-state index is 6.14. The van der Waals surface area contributed by atoms with Crippen LogP contribution >= 0.6 is 11.6 Å². The van der Waals surface area contributed by atoms with E-state index in [1.54, 1.807) is 0 Å². The van der Waals surface area contributed by atoms with Gasteiger partial charge in [0.05, 0.1) is 4.87 Å². The third kappa shape index (κ3) is 1.20. The number of halogens is 1. The lowest BCUT2D eigenvalue weighted by molar-refractivity contribution is 0.360. The van der Waals surface area contributed by atoms with E-state index in [1.807, 2.05) is 0 Å². The molecule has 2 aliphatic rings. The molecule has 0 unspecified atom stereocenters. The number of rotatable bonds is 2. The zero-order valence-electron chi connectivity index (χ0n) is 5.28. The lowest BCUT2D eigenvalue weighted by Crippen LogP contribution is -2.56. The molecule has 52 valence electrons. The molecule has 1 atom stereocenters. The van der Waals surface area contributed by atoms with Crippen LogP contribution in [0.2, 0.25) is 0 Å². The fourth-order valence-corrected chi connectivity index (χ4v) is 1.59. The molecular weight excluding hydrogens is 136 g/mol. The minimum Gasteiger partial charge on any atom is -0.313 e. The van der Waals surface area contributed by atoms with Gasteiger partial charge in [0.2, 0.25) is 0 Å². The highest BCUT2D eigenvalue weighted by molar-refractivity contribution is 6.25. The van der Waals surface area contributed by atoms with E-state index in [1.165, 1.54) is 6.54 Å². The van der Waals surface area contributed by atoms with Gasteiger partial charge < -0.3 is 10.6 Å². The Bertz CT molecular complexity index is 118. The molecule has 0 radical (unpaired) electrons. The predicted molar refractivity (Wildman–Crippen MR) is 37.9 cm³/mol. The standard InChI is InChI=1S/C6H11ClN2/c7-6(3-8-4-6)1-5-2-9-5/h5,8-9H,1-4H2/t5-/m0/s1. The average molecular weight is 147 g/mol. The zero-order chi connectivity index (χ0) is 6.32. The molecular formula is C6H11ClN2. The van der Waals surface area contributed by atoms with Gasteiger partial charge in [0, 0.05) is 25.7 Å². The van der Waals surface area contributed by atoms with Crippen molar-refractivity contribution < 1.29 is 0 Å². The van der Waals surface area contributed by atoms with E-state index in [0.29, 0.717) is 0 Å². The molecule has 2 nitrogen and oxygen atoms in total. The summed E-state index contributed by atoms with van der Waals surface area (Å²) in [5.41, 5.74) is 0. The summed E-state index contributed by atoms with van der Waals surface area (Å²) in [7, 11) is 0. The van der Waals surface area contributed by atoms with E-state index in [4.69, 9.17) is 11.6 Å². The van der Waals surface area contributed by atoms with E-state index in [0.717, 1.165) is 25.6 Å². The summed E-state index contributed by atoms with van der Waals surface area (Å²) in [6, 6.07) is 0.726. The second-order valence-electron chi connectivity index (χ2n) is 3.06. The van der Waals surface area contributed by atoms with Crippen molar-refractivity contribution in [2.24, 2.45) is 0 Å². The predicted octanol–water partition coefficient (Wildman–Crippen LogP) is -0.0709. The van der Waals surface area contributed by atoms with Gasteiger partial charge in [-0.25, -0.2) is 0 Å². The molecule has 9 heavy (non-hydrogen) atoms. The van der Waals surface area contributed by atoms with Crippen LogP contribution in [-0.2, 0) is 0 Å². The highest BCUT2D eigenvalue weighted by Crippen LogP contribution is 2.28. The van der Waals surface area contributed by atoms with Crippen molar-refractivity contribution in [2.75, 3.05) is 19.6 Å². The van der Waals surface area contributed by atoms with Crippen molar-refractivity contribution >= 4 is 11.6 Å². The van der Waals surface area contributed by atoms with Gasteiger partial charge in [-0.1, -0.05) is 0 Å². The van der Waals surface area contributed by atoms with Crippen molar-refractivity contribution in [3.63, 3.8) is 0 Å². The van der Waals surface area contributed by atoms with Gasteiger partial charge >= 0.3 is 0 Å². The van der Waals surface area contributed by atoms with Crippen molar-refractivity contribution in [1.29, 1.82) is 0 Å². The smallest absolute Gasteiger partial charge is 0.0709 e. The molecule has 2 aliphatic heterocycles. The maximum atomic E-state index is 6.14. The fraction of sp³-hybridized carbons (Fsp3) is 1.00. The molecule has 0 aromatic carbocycles. The van der Waals surface area contributed by atoms with Gasteiger partial charge in [-0.3, -0.25) is 0 Å². The zero-order valence-corrected chi connectivity index (χ0v) is 6.04. The Morgan fingerprint density at radius 1 is 1.56 bits per heavy atom. The number of alkyl halides is 1. The van der Waals surface area contributed by atoms with Gasteiger partial charge in [-0.05, 0) is 6.42 Å². The van der Waals surface area contributed by atoms with Gasteiger partial charge in [-0.2, -0.15) is 0 Å². The summed E-state index contributed by atoms with van der Waals surface area (Å²) >= 11 is 6.14. The van der Waals surface area contributed by atoms with Crippen molar-refractivity contribution in [1.82, 2.24) is 10.6 Å². The van der Waals surface area contributed by atoms with Crippen LogP contribution in [0.15, 0.2) is 0 Å². The van der Waals surface area contributed by atoms with Crippen molar-refractivity contribution in [3.8, 4) is 0 Å². The molecule has 0 amide bonds. The van der Waals surface area contributed by atoms with E-state index < -0.39 is 0 Å². The number of hydrogen-bond donors (Lipinski definition) is 2. The Morgan fingerprint density at radius 2 is 2.22 bits per heavy atom. The fourth-order valence-electron chi connectivity index (χ4n) is 1.21. The van der Waals surface area contributed by atoms with E-state index in [2.05, 4.69) is 10.6 Å². The lowest BCUT2D eigenvalue weighted by atomic mass is 9.96. The Balaban J connectivity index is 1.81. The first-order valence-corrected chi connectivity index (χ1v) is 3.79. The van der Waals surface area contributed by atoms with Crippen LogP contribution < -0.4 is 10.6 Å². The minimum absolute atomic E-state index is 0.105. The van der Waals surface area contributed by atoms with Crippen LogP contribution in [0.1, 0.15) is 6.42 Å². The van der Waals surface area contributed by atoms with Crippen LogP contribution in [0, 0.1) is 0 Å². The topological polar surface area (TPSA) is 34.0 Å². The van der Waals surface area contributed by atoms with Crippen molar-refractivity contribution in [3.05, 3.63) is 0 Å². The molecule has 2 saturated heterocycles. The summed E-state index contributed by atoms with van der Waals surface area (Å²) in [6.07, 6.45) is 1.14. The normalized spacial score (nSPS) is 37.7. The molecule has 0 saturated carbocycles. The first kappa shape index (κ1) is 5.96. The largest absolute Gasteiger partial charge is 0.313 e. The van der Waals surface area contributed by atoms with Crippen LogP contribution in [0.25, 0.3) is 0 Å². The highest BCUT2D eigenvalue weighted by Gasteiger charge is 2.39. The second-order valence-corrected chi connectivity index (χ2v) is 3.87. The first-order valence-electron chi connectivity index (χ1n) is 3.42. The van der Waals surface area contributed by atoms with Crippen LogP contribution in [0.5, 0.6) is 0 Å². The Morgan fingerprint density at radius 3 is 2.56 bits per heavy atom. The summed E-state index contributed by atoms with van der Waals surface area (Å²) < 4.78 is 0. The summed E-state index contributed by atoms with van der Waals surface area (Å²) in [6.45, 7) is 3.16. The van der Waals surface area contributed by atoms with E-state index in [9.17, 15) is 0 Å². The first-order chi connectivity index (χ1) is 4.29. The Kier molecular flexibility index (Phi) is 1.22. The average Bonchev–Trinajstić information content (AvgIpc) is 2.46. The molecule has 2 N–H and O–H groups in total. The van der Waals surface area contributed by atoms with Gasteiger partial charge in [0.1, 0.15) is 0 Å². The van der Waals surface area contributed by atoms with Gasteiger partial charge in [0.25, 0.3) is 0 Å². The van der Waals surface area contributed by atoms with Crippen molar-refractivity contribution in [2.45, 2.75) is 17.3 Å². The third-order valence-corrected chi connectivity index (χ3v) is 2.41. The SMILES string of the molecule is ClC1(C[C@H]2CN2)CNC1. The monoisotopic (exact) mass is 146 g/mol. The minimum atomic E-state index is 0.105. The van der Waals surface area contributed by atoms with Crippen LogP contribution in [-0.4, -0.2) is 30.6 Å². The summed E-state index contributed by atoms with van der Waals surface area (Å²) in [4.78, 5) is 0.105. The summed E-state index contributed by atoms with van der Waals surface area (Å²) in [5.74, 6) is 0. The number of hydrogen-bond acceptors (Lipinski definition) is 2. The molecule has 2 heterocycles. The quantitative estimate of drug-likeness (QED) is 0.423. The van der Waals surface area contributed by atoms with Gasteiger partial charge in [0.15, 0.2) is 0 Å². The molecule has 2 fully saturated rings. The van der Waals surface area contributed by atoms with E-state index in [-0.39, 0.29) is 4.87 Å². The molecule has 0 aromatic heterocycles. The molecule has 0 spiro atoms.